The molecule has 0 fully saturated rings. The Labute approximate surface area is 85.9 Å². The minimum Gasteiger partial charge on any atom is -0.387 e. The summed E-state index contributed by atoms with van der Waals surface area (Å²) in [6.07, 6.45) is -0.679. The van der Waals surface area contributed by atoms with Crippen LogP contribution in [-0.4, -0.2) is 11.0 Å². The van der Waals surface area contributed by atoms with E-state index in [0.29, 0.717) is 15.6 Å². The standard InChI is InChI=1S/C8H7Cl3O/c9-4-8(12)5-1-2-6(10)7(11)3-5/h1-3,8,12H,4H2/t8-/m0/s1. The summed E-state index contributed by atoms with van der Waals surface area (Å²) in [6, 6.07) is 4.94. The number of rotatable bonds is 2. The van der Waals surface area contributed by atoms with Gasteiger partial charge >= 0.3 is 0 Å². The van der Waals surface area contributed by atoms with Crippen molar-refractivity contribution in [3.05, 3.63) is 33.8 Å². The van der Waals surface area contributed by atoms with Crippen molar-refractivity contribution in [3.8, 4) is 0 Å². The van der Waals surface area contributed by atoms with Gasteiger partial charge in [0.25, 0.3) is 0 Å². The topological polar surface area (TPSA) is 20.2 Å². The SMILES string of the molecule is O[C@@H](CCl)c1ccc(Cl)c(Cl)c1. The Morgan fingerprint density at radius 3 is 2.42 bits per heavy atom. The van der Waals surface area contributed by atoms with E-state index in [4.69, 9.17) is 34.8 Å². The molecule has 1 atom stereocenters. The summed E-state index contributed by atoms with van der Waals surface area (Å²) in [5.74, 6) is 0.151. The van der Waals surface area contributed by atoms with Gasteiger partial charge in [-0.15, -0.1) is 11.6 Å². The van der Waals surface area contributed by atoms with Crippen molar-refractivity contribution in [1.82, 2.24) is 0 Å². The van der Waals surface area contributed by atoms with E-state index >= 15 is 0 Å². The Bertz CT molecular complexity index is 275. The second kappa shape index (κ2) is 4.33. The van der Waals surface area contributed by atoms with Crippen LogP contribution < -0.4 is 0 Å². The van der Waals surface area contributed by atoms with Crippen LogP contribution in [0.2, 0.25) is 10.0 Å². The molecule has 0 bridgehead atoms. The van der Waals surface area contributed by atoms with Crippen LogP contribution in [0, 0.1) is 0 Å². The summed E-state index contributed by atoms with van der Waals surface area (Å²) in [5, 5.41) is 10.2. The first-order chi connectivity index (χ1) is 5.65. The van der Waals surface area contributed by atoms with Crippen LogP contribution in [0.4, 0.5) is 0 Å². The molecule has 0 aliphatic carbocycles. The number of benzene rings is 1. The van der Waals surface area contributed by atoms with Crippen molar-refractivity contribution < 1.29 is 5.11 Å². The molecule has 1 N–H and O–H groups in total. The maximum Gasteiger partial charge on any atom is 0.0925 e. The first-order valence-electron chi connectivity index (χ1n) is 3.34. The van der Waals surface area contributed by atoms with Gasteiger partial charge < -0.3 is 5.11 Å². The van der Waals surface area contributed by atoms with Gasteiger partial charge in [0, 0.05) is 0 Å². The summed E-state index contributed by atoms with van der Waals surface area (Å²) < 4.78 is 0. The monoisotopic (exact) mass is 224 g/mol. The van der Waals surface area contributed by atoms with Crippen LogP contribution in [0.5, 0.6) is 0 Å². The van der Waals surface area contributed by atoms with Gasteiger partial charge in [0.1, 0.15) is 0 Å². The van der Waals surface area contributed by atoms with Gasteiger partial charge in [-0.1, -0.05) is 29.3 Å². The van der Waals surface area contributed by atoms with Crippen LogP contribution in [-0.2, 0) is 0 Å². The van der Waals surface area contributed by atoms with Crippen molar-refractivity contribution in [2.45, 2.75) is 6.10 Å². The normalized spacial score (nSPS) is 13.0. The molecule has 0 unspecified atom stereocenters. The number of aliphatic hydroxyl groups is 1. The molecule has 0 saturated carbocycles. The van der Waals surface area contributed by atoms with Gasteiger partial charge in [0.15, 0.2) is 0 Å². The van der Waals surface area contributed by atoms with Crippen LogP contribution in [0.1, 0.15) is 11.7 Å². The fourth-order valence-electron chi connectivity index (χ4n) is 0.809. The van der Waals surface area contributed by atoms with E-state index in [1.807, 2.05) is 0 Å². The Morgan fingerprint density at radius 1 is 1.25 bits per heavy atom. The average Bonchev–Trinajstić information content (AvgIpc) is 2.08. The highest BCUT2D eigenvalue weighted by atomic mass is 35.5. The zero-order chi connectivity index (χ0) is 9.14. The van der Waals surface area contributed by atoms with Crippen LogP contribution in [0.15, 0.2) is 18.2 Å². The fraction of sp³-hybridized carbons (Fsp3) is 0.250. The van der Waals surface area contributed by atoms with Crippen molar-refractivity contribution >= 4 is 34.8 Å². The maximum absolute atomic E-state index is 9.31. The second-order valence-corrected chi connectivity index (χ2v) is 3.47. The summed E-state index contributed by atoms with van der Waals surface area (Å²) in [4.78, 5) is 0. The van der Waals surface area contributed by atoms with Crippen LogP contribution >= 0.6 is 34.8 Å². The third-order valence-electron chi connectivity index (χ3n) is 1.47. The van der Waals surface area contributed by atoms with E-state index in [0.717, 1.165) is 0 Å². The lowest BCUT2D eigenvalue weighted by atomic mass is 10.1. The molecular weight excluding hydrogens is 218 g/mol. The van der Waals surface area contributed by atoms with Gasteiger partial charge in [-0.25, -0.2) is 0 Å². The number of hydrogen-bond acceptors (Lipinski definition) is 1. The molecule has 1 nitrogen and oxygen atoms in total. The van der Waals surface area contributed by atoms with Crippen molar-refractivity contribution in [2.75, 3.05) is 5.88 Å². The minimum absolute atomic E-state index is 0.151. The molecular formula is C8H7Cl3O. The predicted molar refractivity (Wildman–Crippen MR) is 52.1 cm³/mol. The molecule has 1 aromatic carbocycles. The maximum atomic E-state index is 9.31. The minimum atomic E-state index is -0.679. The Balaban J connectivity index is 2.96. The zero-order valence-electron chi connectivity index (χ0n) is 6.10. The quantitative estimate of drug-likeness (QED) is 0.766. The lowest BCUT2D eigenvalue weighted by Crippen LogP contribution is -1.97. The van der Waals surface area contributed by atoms with E-state index in [-0.39, 0.29) is 5.88 Å². The molecule has 1 rings (SSSR count). The first kappa shape index (κ1) is 10.1. The summed E-state index contributed by atoms with van der Waals surface area (Å²) in [7, 11) is 0. The summed E-state index contributed by atoms with van der Waals surface area (Å²) in [6.45, 7) is 0. The van der Waals surface area contributed by atoms with Crippen LogP contribution in [0.25, 0.3) is 0 Å². The average molecular weight is 226 g/mol. The smallest absolute Gasteiger partial charge is 0.0925 e. The second-order valence-electron chi connectivity index (χ2n) is 2.34. The van der Waals surface area contributed by atoms with Gasteiger partial charge in [0.2, 0.25) is 0 Å². The molecule has 0 radical (unpaired) electrons. The Hall–Kier alpha value is 0.0500. The van der Waals surface area contributed by atoms with E-state index < -0.39 is 6.10 Å². The molecule has 0 saturated heterocycles. The van der Waals surface area contributed by atoms with E-state index in [2.05, 4.69) is 0 Å². The molecule has 4 heteroatoms. The lowest BCUT2D eigenvalue weighted by molar-refractivity contribution is 0.202. The number of hydrogen-bond donors (Lipinski definition) is 1. The molecule has 0 amide bonds. The molecule has 0 aromatic heterocycles. The van der Waals surface area contributed by atoms with E-state index in [1.165, 1.54) is 0 Å². The summed E-state index contributed by atoms with van der Waals surface area (Å²) >= 11 is 16.9. The van der Waals surface area contributed by atoms with E-state index in [9.17, 15) is 5.11 Å². The lowest BCUT2D eigenvalue weighted by Gasteiger charge is -2.07. The van der Waals surface area contributed by atoms with E-state index in [1.54, 1.807) is 18.2 Å². The Kier molecular flexibility index (Phi) is 3.66. The van der Waals surface area contributed by atoms with Gasteiger partial charge in [0.05, 0.1) is 22.0 Å². The highest BCUT2D eigenvalue weighted by molar-refractivity contribution is 6.42. The third kappa shape index (κ3) is 2.27. The molecule has 0 heterocycles. The molecule has 0 spiro atoms. The number of halogens is 3. The zero-order valence-corrected chi connectivity index (χ0v) is 8.37. The molecule has 0 aliphatic rings. The highest BCUT2D eigenvalue weighted by Crippen LogP contribution is 2.25. The first-order valence-corrected chi connectivity index (χ1v) is 4.63. The predicted octanol–water partition coefficient (Wildman–Crippen LogP) is 3.27. The largest absolute Gasteiger partial charge is 0.387 e. The molecule has 66 valence electrons. The highest BCUT2D eigenvalue weighted by Gasteiger charge is 2.07. The van der Waals surface area contributed by atoms with Gasteiger partial charge in [-0.2, -0.15) is 0 Å². The van der Waals surface area contributed by atoms with Gasteiger partial charge in [-0.05, 0) is 17.7 Å². The van der Waals surface area contributed by atoms with Crippen molar-refractivity contribution in [3.63, 3.8) is 0 Å². The Morgan fingerprint density at radius 2 is 1.92 bits per heavy atom. The molecule has 1 aromatic rings. The molecule has 12 heavy (non-hydrogen) atoms. The molecule has 0 aliphatic heterocycles. The third-order valence-corrected chi connectivity index (χ3v) is 2.51. The summed E-state index contributed by atoms with van der Waals surface area (Å²) in [5.41, 5.74) is 0.680. The van der Waals surface area contributed by atoms with Crippen LogP contribution in [0.3, 0.4) is 0 Å². The fourth-order valence-corrected chi connectivity index (χ4v) is 1.29. The van der Waals surface area contributed by atoms with Crippen molar-refractivity contribution in [1.29, 1.82) is 0 Å². The number of aliphatic hydroxyl groups excluding tert-OH is 1. The van der Waals surface area contributed by atoms with Crippen molar-refractivity contribution in [2.24, 2.45) is 0 Å². The number of alkyl halides is 1. The van der Waals surface area contributed by atoms with Gasteiger partial charge in [-0.3, -0.25) is 0 Å².